The van der Waals surface area contributed by atoms with Gasteiger partial charge in [-0.25, -0.2) is 0 Å². The highest BCUT2D eigenvalue weighted by atomic mass is 15.3. The summed E-state index contributed by atoms with van der Waals surface area (Å²) in [6.45, 7) is 15.2. The Morgan fingerprint density at radius 3 is 2.53 bits per heavy atom. The minimum absolute atomic E-state index is 0.370. The van der Waals surface area contributed by atoms with Crippen molar-refractivity contribution in [2.75, 3.05) is 0 Å². The molecule has 1 aromatic rings. The summed E-state index contributed by atoms with van der Waals surface area (Å²) in [6.07, 6.45) is 3.15. The standard InChI is InChI=1S/C14H27N3/c1-11(2)15-9-13-10-16-17(12(13)3)8-7-14(4,5)6/h10-11,15H,7-9H2,1-6H3. The van der Waals surface area contributed by atoms with Crippen LogP contribution in [0.5, 0.6) is 0 Å². The summed E-state index contributed by atoms with van der Waals surface area (Å²) in [5, 5.41) is 7.91. The van der Waals surface area contributed by atoms with Gasteiger partial charge in [-0.15, -0.1) is 0 Å². The summed E-state index contributed by atoms with van der Waals surface area (Å²) < 4.78 is 2.13. The molecule has 1 heterocycles. The fourth-order valence-corrected chi connectivity index (χ4v) is 1.64. The fraction of sp³-hybridized carbons (Fsp3) is 0.786. The third-order valence-corrected chi connectivity index (χ3v) is 2.98. The monoisotopic (exact) mass is 237 g/mol. The molecule has 0 amide bonds. The lowest BCUT2D eigenvalue weighted by Crippen LogP contribution is -2.22. The molecule has 0 atom stereocenters. The first kappa shape index (κ1) is 14.2. The Morgan fingerprint density at radius 2 is 2.00 bits per heavy atom. The van der Waals surface area contributed by atoms with Gasteiger partial charge in [0, 0.05) is 30.4 Å². The summed E-state index contributed by atoms with van der Waals surface area (Å²) in [5.74, 6) is 0. The summed E-state index contributed by atoms with van der Waals surface area (Å²) >= 11 is 0. The minimum atomic E-state index is 0.370. The van der Waals surface area contributed by atoms with Gasteiger partial charge in [-0.3, -0.25) is 4.68 Å². The zero-order valence-electron chi connectivity index (χ0n) is 12.2. The van der Waals surface area contributed by atoms with E-state index in [1.807, 2.05) is 6.20 Å². The highest BCUT2D eigenvalue weighted by Gasteiger charge is 2.12. The highest BCUT2D eigenvalue weighted by Crippen LogP contribution is 2.20. The van der Waals surface area contributed by atoms with E-state index in [2.05, 4.69) is 56.6 Å². The van der Waals surface area contributed by atoms with Crippen molar-refractivity contribution in [1.29, 1.82) is 0 Å². The van der Waals surface area contributed by atoms with Crippen LogP contribution >= 0.6 is 0 Å². The maximum Gasteiger partial charge on any atom is 0.0537 e. The Morgan fingerprint density at radius 1 is 1.35 bits per heavy atom. The van der Waals surface area contributed by atoms with Crippen LogP contribution in [-0.2, 0) is 13.1 Å². The van der Waals surface area contributed by atoms with Crippen LogP contribution in [0.3, 0.4) is 0 Å². The number of aromatic nitrogens is 2. The average molecular weight is 237 g/mol. The topological polar surface area (TPSA) is 29.9 Å². The van der Waals surface area contributed by atoms with Gasteiger partial charge in [0.15, 0.2) is 0 Å². The molecule has 3 heteroatoms. The molecule has 0 radical (unpaired) electrons. The van der Waals surface area contributed by atoms with E-state index in [1.54, 1.807) is 0 Å². The molecule has 0 saturated carbocycles. The van der Waals surface area contributed by atoms with Gasteiger partial charge in [0.05, 0.1) is 6.20 Å². The van der Waals surface area contributed by atoms with Crippen LogP contribution in [0.1, 0.15) is 52.3 Å². The predicted molar refractivity (Wildman–Crippen MR) is 73.0 cm³/mol. The van der Waals surface area contributed by atoms with Gasteiger partial charge in [-0.1, -0.05) is 34.6 Å². The van der Waals surface area contributed by atoms with E-state index in [-0.39, 0.29) is 0 Å². The molecule has 0 saturated heterocycles. The van der Waals surface area contributed by atoms with Crippen LogP contribution < -0.4 is 5.32 Å². The van der Waals surface area contributed by atoms with Gasteiger partial charge < -0.3 is 5.32 Å². The molecule has 0 bridgehead atoms. The van der Waals surface area contributed by atoms with Gasteiger partial charge in [-0.05, 0) is 18.8 Å². The van der Waals surface area contributed by atoms with Crippen LogP contribution in [0.4, 0.5) is 0 Å². The van der Waals surface area contributed by atoms with Gasteiger partial charge in [0.1, 0.15) is 0 Å². The number of nitrogens with zero attached hydrogens (tertiary/aromatic N) is 2. The number of aryl methyl sites for hydroxylation is 1. The van der Waals surface area contributed by atoms with Crippen molar-refractivity contribution in [2.45, 2.75) is 67.1 Å². The second-order valence-corrected chi connectivity index (χ2v) is 6.32. The van der Waals surface area contributed by atoms with Crippen molar-refractivity contribution >= 4 is 0 Å². The molecule has 0 spiro atoms. The smallest absolute Gasteiger partial charge is 0.0537 e. The molecule has 0 unspecified atom stereocenters. The largest absolute Gasteiger partial charge is 0.310 e. The molecule has 1 rings (SSSR count). The molecule has 1 aromatic heterocycles. The molecular weight excluding hydrogens is 210 g/mol. The number of nitrogens with one attached hydrogen (secondary N) is 1. The van der Waals surface area contributed by atoms with E-state index >= 15 is 0 Å². The molecule has 1 N–H and O–H groups in total. The summed E-state index contributed by atoms with van der Waals surface area (Å²) in [4.78, 5) is 0. The second-order valence-electron chi connectivity index (χ2n) is 6.32. The van der Waals surface area contributed by atoms with Crippen molar-refractivity contribution in [2.24, 2.45) is 5.41 Å². The Kier molecular flexibility index (Phi) is 4.75. The molecule has 0 fully saturated rings. The molecular formula is C14H27N3. The van der Waals surface area contributed by atoms with E-state index in [1.165, 1.54) is 11.3 Å². The molecule has 0 aliphatic rings. The van der Waals surface area contributed by atoms with Crippen LogP contribution in [0.15, 0.2) is 6.20 Å². The quantitative estimate of drug-likeness (QED) is 0.852. The van der Waals surface area contributed by atoms with Crippen LogP contribution in [-0.4, -0.2) is 15.8 Å². The first-order chi connectivity index (χ1) is 7.79. The van der Waals surface area contributed by atoms with E-state index in [0.29, 0.717) is 11.5 Å². The summed E-state index contributed by atoms with van der Waals surface area (Å²) in [5.41, 5.74) is 2.98. The van der Waals surface area contributed by atoms with Gasteiger partial charge in [0.2, 0.25) is 0 Å². The molecule has 0 aliphatic carbocycles. The second kappa shape index (κ2) is 5.67. The van der Waals surface area contributed by atoms with Crippen LogP contribution in [0.2, 0.25) is 0 Å². The number of hydrogen-bond acceptors (Lipinski definition) is 2. The third kappa shape index (κ3) is 4.90. The van der Waals surface area contributed by atoms with E-state index < -0.39 is 0 Å². The Bertz CT molecular complexity index is 345. The Labute approximate surface area is 106 Å². The van der Waals surface area contributed by atoms with E-state index in [9.17, 15) is 0 Å². The lowest BCUT2D eigenvalue weighted by atomic mass is 9.92. The summed E-state index contributed by atoms with van der Waals surface area (Å²) in [7, 11) is 0. The zero-order valence-corrected chi connectivity index (χ0v) is 12.2. The normalized spacial score (nSPS) is 12.4. The maximum absolute atomic E-state index is 4.47. The molecule has 17 heavy (non-hydrogen) atoms. The van der Waals surface area contributed by atoms with Crippen molar-refractivity contribution in [3.63, 3.8) is 0 Å². The van der Waals surface area contributed by atoms with E-state index in [4.69, 9.17) is 0 Å². The van der Waals surface area contributed by atoms with E-state index in [0.717, 1.165) is 19.5 Å². The van der Waals surface area contributed by atoms with Gasteiger partial charge >= 0.3 is 0 Å². The first-order valence-corrected chi connectivity index (χ1v) is 6.54. The molecule has 98 valence electrons. The molecule has 3 nitrogen and oxygen atoms in total. The lowest BCUT2D eigenvalue weighted by molar-refractivity contribution is 0.339. The third-order valence-electron chi connectivity index (χ3n) is 2.98. The van der Waals surface area contributed by atoms with Crippen LogP contribution in [0.25, 0.3) is 0 Å². The Hall–Kier alpha value is -0.830. The SMILES string of the molecule is Cc1c(CNC(C)C)cnn1CCC(C)(C)C. The van der Waals surface area contributed by atoms with Crippen molar-refractivity contribution in [1.82, 2.24) is 15.1 Å². The lowest BCUT2D eigenvalue weighted by Gasteiger charge is -2.18. The summed E-state index contributed by atoms with van der Waals surface area (Å²) in [6, 6.07) is 0.521. The van der Waals surface area contributed by atoms with Crippen molar-refractivity contribution in [3.05, 3.63) is 17.5 Å². The fourth-order valence-electron chi connectivity index (χ4n) is 1.64. The minimum Gasteiger partial charge on any atom is -0.310 e. The average Bonchev–Trinajstić information content (AvgIpc) is 2.52. The number of hydrogen-bond donors (Lipinski definition) is 1. The Balaban J connectivity index is 2.58. The van der Waals surface area contributed by atoms with Crippen LogP contribution in [0, 0.1) is 12.3 Å². The first-order valence-electron chi connectivity index (χ1n) is 6.54. The molecule has 0 aromatic carbocycles. The molecule has 0 aliphatic heterocycles. The zero-order chi connectivity index (χ0) is 13.1. The predicted octanol–water partition coefficient (Wildman–Crippen LogP) is 3.13. The number of rotatable bonds is 5. The van der Waals surface area contributed by atoms with Gasteiger partial charge in [-0.2, -0.15) is 5.10 Å². The highest BCUT2D eigenvalue weighted by molar-refractivity contribution is 5.15. The van der Waals surface area contributed by atoms with Gasteiger partial charge in [0.25, 0.3) is 0 Å². The maximum atomic E-state index is 4.47. The van der Waals surface area contributed by atoms with Crippen molar-refractivity contribution < 1.29 is 0 Å². The van der Waals surface area contributed by atoms with Crippen molar-refractivity contribution in [3.8, 4) is 0 Å².